The van der Waals surface area contributed by atoms with Gasteiger partial charge >= 0.3 is 0 Å². The molecule has 0 amide bonds. The summed E-state index contributed by atoms with van der Waals surface area (Å²) >= 11 is 5.08. The molecule has 2 aliphatic carbocycles. The lowest BCUT2D eigenvalue weighted by Gasteiger charge is -2.32. The molecule has 1 saturated heterocycles. The van der Waals surface area contributed by atoms with Crippen molar-refractivity contribution in [1.29, 1.82) is 0 Å². The van der Waals surface area contributed by atoms with Gasteiger partial charge in [0.05, 0.1) is 5.54 Å². The van der Waals surface area contributed by atoms with Gasteiger partial charge < -0.3 is 10.1 Å². The summed E-state index contributed by atoms with van der Waals surface area (Å²) in [5.74, 6) is 1.74. The molecular formula is C11H17NOS. The molecule has 1 heterocycles. The van der Waals surface area contributed by atoms with Crippen LogP contribution in [0.1, 0.15) is 33.6 Å². The van der Waals surface area contributed by atoms with Crippen LogP contribution >= 0.6 is 12.2 Å². The quantitative estimate of drug-likeness (QED) is 0.620. The molecule has 0 aromatic carbocycles. The van der Waals surface area contributed by atoms with Crippen molar-refractivity contribution >= 4 is 17.4 Å². The van der Waals surface area contributed by atoms with E-state index in [9.17, 15) is 0 Å². The topological polar surface area (TPSA) is 21.3 Å². The van der Waals surface area contributed by atoms with Crippen molar-refractivity contribution in [3.8, 4) is 0 Å². The highest BCUT2D eigenvalue weighted by atomic mass is 32.1. The van der Waals surface area contributed by atoms with Gasteiger partial charge in [-0.05, 0) is 49.2 Å². The number of fused-ring (bicyclic) bond motifs is 2. The minimum atomic E-state index is 0.117. The maximum absolute atomic E-state index is 5.68. The molecule has 3 heteroatoms. The summed E-state index contributed by atoms with van der Waals surface area (Å²) in [5, 5.41) is 3.94. The number of hydrogen-bond donors (Lipinski definition) is 1. The van der Waals surface area contributed by atoms with Crippen LogP contribution in [0.25, 0.3) is 0 Å². The van der Waals surface area contributed by atoms with Crippen molar-refractivity contribution in [3.63, 3.8) is 0 Å². The maximum atomic E-state index is 5.68. The Morgan fingerprint density at radius 3 is 2.79 bits per heavy atom. The van der Waals surface area contributed by atoms with Gasteiger partial charge in [0.1, 0.15) is 6.10 Å². The molecule has 0 bridgehead atoms. The molecule has 0 spiro atoms. The van der Waals surface area contributed by atoms with Crippen LogP contribution in [0.15, 0.2) is 0 Å². The average molecular weight is 211 g/mol. The van der Waals surface area contributed by atoms with Gasteiger partial charge in [0.15, 0.2) is 0 Å². The van der Waals surface area contributed by atoms with Crippen molar-refractivity contribution in [1.82, 2.24) is 5.32 Å². The molecule has 4 atom stereocenters. The molecule has 0 aromatic rings. The Morgan fingerprint density at radius 2 is 2.07 bits per heavy atom. The Hall–Kier alpha value is -0.310. The first kappa shape index (κ1) is 8.96. The zero-order valence-electron chi connectivity index (χ0n) is 8.96. The van der Waals surface area contributed by atoms with Crippen LogP contribution in [0.2, 0.25) is 0 Å². The van der Waals surface area contributed by atoms with Crippen LogP contribution in [-0.4, -0.2) is 16.8 Å². The summed E-state index contributed by atoms with van der Waals surface area (Å²) in [4.78, 5) is 0. The minimum Gasteiger partial charge on any atom is -0.465 e. The number of nitrogens with one attached hydrogen (secondary N) is 1. The maximum Gasteiger partial charge on any atom is 0.257 e. The highest BCUT2D eigenvalue weighted by Crippen LogP contribution is 2.67. The van der Waals surface area contributed by atoms with Crippen molar-refractivity contribution in [3.05, 3.63) is 0 Å². The summed E-state index contributed by atoms with van der Waals surface area (Å²) in [6.07, 6.45) is 2.72. The molecule has 0 aromatic heterocycles. The van der Waals surface area contributed by atoms with Crippen LogP contribution in [-0.2, 0) is 4.74 Å². The molecule has 14 heavy (non-hydrogen) atoms. The first-order chi connectivity index (χ1) is 6.43. The third-order valence-corrected chi connectivity index (χ3v) is 4.95. The molecule has 78 valence electrons. The van der Waals surface area contributed by atoms with Crippen molar-refractivity contribution < 1.29 is 4.74 Å². The van der Waals surface area contributed by atoms with Gasteiger partial charge in [-0.25, -0.2) is 0 Å². The fourth-order valence-electron chi connectivity index (χ4n) is 3.51. The van der Waals surface area contributed by atoms with Gasteiger partial charge in [-0.3, -0.25) is 0 Å². The molecule has 3 rings (SSSR count). The molecular weight excluding hydrogens is 194 g/mol. The van der Waals surface area contributed by atoms with Crippen LogP contribution in [0.4, 0.5) is 0 Å². The van der Waals surface area contributed by atoms with Crippen LogP contribution < -0.4 is 5.32 Å². The zero-order chi connectivity index (χ0) is 10.1. The van der Waals surface area contributed by atoms with Crippen molar-refractivity contribution in [2.24, 2.45) is 17.3 Å². The van der Waals surface area contributed by atoms with Gasteiger partial charge in [-0.2, -0.15) is 0 Å². The predicted octanol–water partition coefficient (Wildman–Crippen LogP) is 2.08. The van der Waals surface area contributed by atoms with Gasteiger partial charge in [0.25, 0.3) is 5.17 Å². The van der Waals surface area contributed by atoms with E-state index < -0.39 is 0 Å². The van der Waals surface area contributed by atoms with E-state index in [1.54, 1.807) is 0 Å². The van der Waals surface area contributed by atoms with Crippen LogP contribution in [0.3, 0.4) is 0 Å². The highest BCUT2D eigenvalue weighted by Gasteiger charge is 2.66. The highest BCUT2D eigenvalue weighted by molar-refractivity contribution is 7.80. The monoisotopic (exact) mass is 211 g/mol. The second-order valence-corrected chi connectivity index (χ2v) is 6.28. The molecule has 1 aliphatic heterocycles. The van der Waals surface area contributed by atoms with E-state index in [0.29, 0.717) is 16.7 Å². The number of hydrogen-bond acceptors (Lipinski definition) is 2. The summed E-state index contributed by atoms with van der Waals surface area (Å²) < 4.78 is 5.68. The largest absolute Gasteiger partial charge is 0.465 e. The Balaban J connectivity index is 1.86. The lowest BCUT2D eigenvalue weighted by Crippen LogP contribution is -2.48. The molecule has 0 radical (unpaired) electrons. The fraction of sp³-hybridized carbons (Fsp3) is 0.909. The Bertz CT molecular complexity index is 314. The first-order valence-corrected chi connectivity index (χ1v) is 5.83. The lowest BCUT2D eigenvalue weighted by molar-refractivity contribution is 0.105. The second-order valence-electron chi connectivity index (χ2n) is 5.91. The Labute approximate surface area is 90.4 Å². The van der Waals surface area contributed by atoms with E-state index in [-0.39, 0.29) is 5.54 Å². The Morgan fingerprint density at radius 1 is 1.36 bits per heavy atom. The van der Waals surface area contributed by atoms with E-state index in [1.807, 2.05) is 0 Å². The van der Waals surface area contributed by atoms with E-state index in [0.717, 1.165) is 11.8 Å². The van der Waals surface area contributed by atoms with E-state index in [2.05, 4.69) is 26.1 Å². The lowest BCUT2D eigenvalue weighted by atomic mass is 9.81. The van der Waals surface area contributed by atoms with E-state index in [1.165, 1.54) is 12.8 Å². The normalized spacial score (nSPS) is 52.8. The molecule has 3 fully saturated rings. The smallest absolute Gasteiger partial charge is 0.257 e. The molecule has 0 unspecified atom stereocenters. The summed E-state index contributed by atoms with van der Waals surface area (Å²) in [5.41, 5.74) is 0.659. The fourth-order valence-corrected chi connectivity index (χ4v) is 3.86. The van der Waals surface area contributed by atoms with Gasteiger partial charge in [0, 0.05) is 0 Å². The third kappa shape index (κ3) is 0.940. The van der Waals surface area contributed by atoms with Crippen molar-refractivity contribution in [2.75, 3.05) is 0 Å². The van der Waals surface area contributed by atoms with Gasteiger partial charge in [-0.15, -0.1) is 0 Å². The summed E-state index contributed by atoms with van der Waals surface area (Å²) in [6, 6.07) is 0. The molecule has 3 aliphatic rings. The van der Waals surface area contributed by atoms with E-state index >= 15 is 0 Å². The summed E-state index contributed by atoms with van der Waals surface area (Å²) in [7, 11) is 0. The third-order valence-electron chi connectivity index (χ3n) is 4.75. The SMILES string of the molecule is CC1(C)[C@@H]2C[C@]3(C)NC(=S)O[C@H]3C[C@@H]21. The molecule has 1 N–H and O–H groups in total. The predicted molar refractivity (Wildman–Crippen MR) is 59.0 cm³/mol. The molecule has 2 nitrogen and oxygen atoms in total. The second kappa shape index (κ2) is 2.26. The zero-order valence-corrected chi connectivity index (χ0v) is 9.78. The van der Waals surface area contributed by atoms with Crippen LogP contribution in [0.5, 0.6) is 0 Å². The Kier molecular flexibility index (Phi) is 1.45. The minimum absolute atomic E-state index is 0.117. The number of rotatable bonds is 0. The number of thiocarbonyl (C=S) groups is 1. The summed E-state index contributed by atoms with van der Waals surface area (Å²) in [6.45, 7) is 7.01. The van der Waals surface area contributed by atoms with Crippen molar-refractivity contribution in [2.45, 2.75) is 45.3 Å². The standard InChI is InChI=1S/C11H17NOS/c1-10(2)6-4-8-11(3,5-7(6)10)12-9(14)13-8/h6-8H,4-5H2,1-3H3,(H,12,14)/t6-,7+,8-,11-/m0/s1. The van der Waals surface area contributed by atoms with Crippen LogP contribution in [0, 0.1) is 17.3 Å². The molecule has 2 saturated carbocycles. The first-order valence-electron chi connectivity index (χ1n) is 5.42. The number of ether oxygens (including phenoxy) is 1. The van der Waals surface area contributed by atoms with Gasteiger partial charge in [0.2, 0.25) is 0 Å². The van der Waals surface area contributed by atoms with E-state index in [4.69, 9.17) is 17.0 Å². The average Bonchev–Trinajstić information content (AvgIpc) is 2.47. The van der Waals surface area contributed by atoms with Gasteiger partial charge in [-0.1, -0.05) is 13.8 Å².